The van der Waals surface area contributed by atoms with Gasteiger partial charge in [0.25, 0.3) is 0 Å². The first-order chi connectivity index (χ1) is 22.7. The van der Waals surface area contributed by atoms with Crippen LogP contribution in [0.4, 0.5) is 0 Å². The summed E-state index contributed by atoms with van der Waals surface area (Å²) in [5.74, 6) is 0. The number of benzene rings is 2. The van der Waals surface area contributed by atoms with E-state index in [4.69, 9.17) is 0 Å². The smallest absolute Gasteiger partial charge is 0.00942 e. The van der Waals surface area contributed by atoms with Crippen LogP contribution in [0.2, 0.25) is 0 Å². The van der Waals surface area contributed by atoms with Crippen LogP contribution in [0.5, 0.6) is 0 Å². The van der Waals surface area contributed by atoms with Gasteiger partial charge in [-0.3, -0.25) is 0 Å². The second-order valence-corrected chi connectivity index (χ2v) is 10.4. The third-order valence-corrected chi connectivity index (χ3v) is 7.03. The van der Waals surface area contributed by atoms with E-state index in [0.717, 1.165) is 46.3 Å². The van der Waals surface area contributed by atoms with Crippen molar-refractivity contribution in [2.45, 2.75) is 61.3 Å². The quantitative estimate of drug-likeness (QED) is 0.173. The molecule has 0 saturated heterocycles. The van der Waals surface area contributed by atoms with E-state index in [2.05, 4.69) is 127 Å². The van der Waals surface area contributed by atoms with Crippen molar-refractivity contribution in [1.29, 1.82) is 0 Å². The Morgan fingerprint density at radius 2 is 1.38 bits per heavy atom. The SMILES string of the molecule is C=C/C=C/C=C(\C)c1ccccc1.C=C/C=C\C=C(/C)C(=C)/C=C\CC(=C)C(/C=C\C(=C)c1ccc(/C=C\C)c(CC)c1)=C/C.CC. The highest BCUT2D eigenvalue weighted by molar-refractivity contribution is 5.74. The summed E-state index contributed by atoms with van der Waals surface area (Å²) in [4.78, 5) is 0. The predicted molar refractivity (Wildman–Crippen MR) is 218 cm³/mol. The van der Waals surface area contributed by atoms with Gasteiger partial charge in [-0.1, -0.05) is 193 Å². The minimum absolute atomic E-state index is 0.767. The summed E-state index contributed by atoms with van der Waals surface area (Å²) in [6.45, 7) is 34.4. The van der Waals surface area contributed by atoms with Crippen molar-refractivity contribution in [3.05, 3.63) is 211 Å². The molecule has 0 amide bonds. The third-order valence-electron chi connectivity index (χ3n) is 7.03. The maximum Gasteiger partial charge on any atom is -0.00942 e. The zero-order chi connectivity index (χ0) is 35.5. The molecule has 0 bridgehead atoms. The Morgan fingerprint density at radius 1 is 0.745 bits per heavy atom. The first-order valence-electron chi connectivity index (χ1n) is 16.5. The van der Waals surface area contributed by atoms with E-state index in [0.29, 0.717) is 0 Å². The lowest BCUT2D eigenvalue weighted by atomic mass is 9.96. The summed E-state index contributed by atoms with van der Waals surface area (Å²) >= 11 is 0. The Morgan fingerprint density at radius 3 is 1.96 bits per heavy atom. The van der Waals surface area contributed by atoms with Crippen LogP contribution in [0.15, 0.2) is 189 Å². The topological polar surface area (TPSA) is 0 Å². The molecule has 0 unspecified atom stereocenters. The molecule has 0 aliphatic carbocycles. The summed E-state index contributed by atoms with van der Waals surface area (Å²) in [6, 6.07) is 16.9. The van der Waals surface area contributed by atoms with Gasteiger partial charge in [0, 0.05) is 0 Å². The van der Waals surface area contributed by atoms with Gasteiger partial charge in [0.1, 0.15) is 0 Å². The monoisotopic (exact) mass is 622 g/mol. The van der Waals surface area contributed by atoms with E-state index in [1.54, 1.807) is 12.2 Å². The Hall–Kier alpha value is -4.94. The first kappa shape index (κ1) is 42.1. The van der Waals surface area contributed by atoms with Crippen molar-refractivity contribution in [2.24, 2.45) is 0 Å². The molecule has 0 aromatic heterocycles. The summed E-state index contributed by atoms with van der Waals surface area (Å²) in [5.41, 5.74) is 11.6. The Labute approximate surface area is 288 Å². The molecule has 0 saturated carbocycles. The second kappa shape index (κ2) is 26.3. The van der Waals surface area contributed by atoms with Crippen molar-refractivity contribution in [1.82, 2.24) is 0 Å². The normalized spacial score (nSPS) is 12.3. The molecule has 0 heteroatoms. The molecule has 0 heterocycles. The van der Waals surface area contributed by atoms with Crippen molar-refractivity contribution in [3.63, 3.8) is 0 Å². The summed E-state index contributed by atoms with van der Waals surface area (Å²) in [7, 11) is 0. The zero-order valence-corrected chi connectivity index (χ0v) is 30.2. The van der Waals surface area contributed by atoms with Crippen molar-refractivity contribution in [2.75, 3.05) is 0 Å². The van der Waals surface area contributed by atoms with Gasteiger partial charge in [-0.2, -0.15) is 0 Å². The molecule has 0 fully saturated rings. The largest absolute Gasteiger partial charge is 0.0991 e. The molecule has 0 spiro atoms. The van der Waals surface area contributed by atoms with Gasteiger partial charge in [0.15, 0.2) is 0 Å². The van der Waals surface area contributed by atoms with Gasteiger partial charge >= 0.3 is 0 Å². The molecule has 0 aliphatic heterocycles. The minimum Gasteiger partial charge on any atom is -0.0991 e. The lowest BCUT2D eigenvalue weighted by Gasteiger charge is -2.09. The molecule has 246 valence electrons. The Kier molecular flexibility index (Phi) is 23.5. The molecule has 0 aliphatic rings. The Balaban J connectivity index is 0.00000117. The maximum atomic E-state index is 4.27. The van der Waals surface area contributed by atoms with Crippen LogP contribution in [0, 0.1) is 0 Å². The number of hydrogen-bond donors (Lipinski definition) is 0. The van der Waals surface area contributed by atoms with E-state index < -0.39 is 0 Å². The fraction of sp³-hybridized carbons (Fsp3) is 0.191. The number of allylic oxidation sites excluding steroid dienone is 20. The van der Waals surface area contributed by atoms with E-state index in [-0.39, 0.29) is 0 Å². The van der Waals surface area contributed by atoms with Crippen LogP contribution >= 0.6 is 0 Å². The molecule has 2 aromatic carbocycles. The first-order valence-corrected chi connectivity index (χ1v) is 16.5. The average Bonchev–Trinajstić information content (AvgIpc) is 3.10. The fourth-order valence-corrected chi connectivity index (χ4v) is 4.21. The van der Waals surface area contributed by atoms with E-state index in [1.165, 1.54) is 22.3 Å². The lowest BCUT2D eigenvalue weighted by Crippen LogP contribution is -1.90. The fourth-order valence-electron chi connectivity index (χ4n) is 4.21. The van der Waals surface area contributed by atoms with E-state index in [1.807, 2.05) is 82.4 Å². The molecule has 0 N–H and O–H groups in total. The van der Waals surface area contributed by atoms with Crippen LogP contribution in [-0.2, 0) is 6.42 Å². The van der Waals surface area contributed by atoms with Gasteiger partial charge in [0.2, 0.25) is 0 Å². The van der Waals surface area contributed by atoms with Gasteiger partial charge in [-0.25, -0.2) is 0 Å². The number of rotatable bonds is 15. The van der Waals surface area contributed by atoms with Crippen molar-refractivity contribution in [3.8, 4) is 0 Å². The zero-order valence-electron chi connectivity index (χ0n) is 30.2. The number of hydrogen-bond acceptors (Lipinski definition) is 0. The second-order valence-electron chi connectivity index (χ2n) is 10.4. The van der Waals surface area contributed by atoms with E-state index >= 15 is 0 Å². The molecule has 47 heavy (non-hydrogen) atoms. The van der Waals surface area contributed by atoms with Crippen molar-refractivity contribution >= 4 is 17.2 Å². The van der Waals surface area contributed by atoms with E-state index in [9.17, 15) is 0 Å². The highest BCUT2D eigenvalue weighted by Crippen LogP contribution is 2.23. The van der Waals surface area contributed by atoms with Crippen LogP contribution in [0.3, 0.4) is 0 Å². The standard InChI is InChI=1S/C32H38.C13H14.C2H6/c1-9-13-14-17-25(5)26(6)18-15-19-27(7)29(11-3)21-20-28(8)32-23-22-31(16-10-2)30(12-4)24-32;1-3-4-6-9-12(2)13-10-7-5-8-11-13;1-2/h9-11,13-18,20-24H,1,6-8,12,19H2,2-5H3;3-11H,1H2,2H3;1-2H3/b14-13-,16-10-,18-15-,21-20-,25-17+,29-11+;6-4+,12-9+;. The van der Waals surface area contributed by atoms with Crippen LogP contribution in [-0.4, -0.2) is 0 Å². The lowest BCUT2D eigenvalue weighted by molar-refractivity contribution is 1.13. The molecule has 0 radical (unpaired) electrons. The Bertz CT molecular complexity index is 1530. The van der Waals surface area contributed by atoms with Gasteiger partial charge in [-0.15, -0.1) is 0 Å². The molecule has 0 atom stereocenters. The average molecular weight is 623 g/mol. The van der Waals surface area contributed by atoms with Gasteiger partial charge < -0.3 is 0 Å². The number of aryl methyl sites for hydroxylation is 1. The molecular weight excluding hydrogens is 565 g/mol. The van der Waals surface area contributed by atoms with Crippen LogP contribution in [0.1, 0.15) is 77.1 Å². The molecule has 0 nitrogen and oxygen atoms in total. The van der Waals surface area contributed by atoms with Gasteiger partial charge in [-0.05, 0) is 96.2 Å². The predicted octanol–water partition coefficient (Wildman–Crippen LogP) is 14.4. The van der Waals surface area contributed by atoms with Crippen LogP contribution in [0.25, 0.3) is 17.2 Å². The highest BCUT2D eigenvalue weighted by atomic mass is 14.1. The maximum absolute atomic E-state index is 4.27. The van der Waals surface area contributed by atoms with Crippen LogP contribution < -0.4 is 0 Å². The third kappa shape index (κ3) is 17.4. The van der Waals surface area contributed by atoms with Gasteiger partial charge in [0.05, 0.1) is 0 Å². The summed E-state index contributed by atoms with van der Waals surface area (Å²) in [6.07, 6.45) is 31.9. The highest BCUT2D eigenvalue weighted by Gasteiger charge is 2.03. The molecule has 2 aromatic rings. The summed E-state index contributed by atoms with van der Waals surface area (Å²) < 4.78 is 0. The van der Waals surface area contributed by atoms with Crippen molar-refractivity contribution < 1.29 is 0 Å². The minimum atomic E-state index is 0.767. The molecule has 2 rings (SSSR count). The summed E-state index contributed by atoms with van der Waals surface area (Å²) in [5, 5.41) is 0. The molecular formula is C47H58.